The number of Topliss-reactive ketones (excluding diaryl/α,β-unsaturated/α-hetero) is 1. The van der Waals surface area contributed by atoms with E-state index in [1.54, 1.807) is 12.1 Å². The number of carbonyl (C=O) groups excluding carboxylic acids is 1. The van der Waals surface area contributed by atoms with Crippen LogP contribution in [0.5, 0.6) is 5.75 Å². The fraction of sp³-hybridized carbons (Fsp3) is 0.118. The molecule has 8 nitrogen and oxygen atoms in total. The molecule has 1 N–H and O–H groups in total. The average Bonchev–Trinajstić information content (AvgIpc) is 3.13. The van der Waals surface area contributed by atoms with Gasteiger partial charge in [-0.2, -0.15) is 0 Å². The number of ether oxygens (including phenoxy) is 1. The van der Waals surface area contributed by atoms with E-state index in [2.05, 4.69) is 15.2 Å². The minimum Gasteiger partial charge on any atom is -0.483 e. The summed E-state index contributed by atoms with van der Waals surface area (Å²) < 4.78 is 18.8. The number of ketones is 1. The molecule has 3 rings (SSSR count). The maximum absolute atomic E-state index is 13.5. The molecule has 0 aliphatic carbocycles. The number of aromatic amines is 1. The molecule has 0 spiro atoms. The molecule has 0 unspecified atom stereocenters. The third-order valence-corrected chi connectivity index (χ3v) is 4.27. The summed E-state index contributed by atoms with van der Waals surface area (Å²) in [6.45, 7) is -0.00663. The molecule has 0 saturated heterocycles. The van der Waals surface area contributed by atoms with Crippen LogP contribution in [0.1, 0.15) is 16.2 Å². The number of nitrogens with one attached hydrogen (secondary N) is 1. The van der Waals surface area contributed by atoms with E-state index in [0.717, 1.165) is 11.8 Å². The van der Waals surface area contributed by atoms with Gasteiger partial charge in [0.2, 0.25) is 5.16 Å². The summed E-state index contributed by atoms with van der Waals surface area (Å²) in [6, 6.07) is 11.5. The highest BCUT2D eigenvalue weighted by Crippen LogP contribution is 2.19. The quantitative estimate of drug-likeness (QED) is 0.272. The number of nitrogens with zero attached hydrogens (tertiary/aromatic N) is 3. The van der Waals surface area contributed by atoms with Gasteiger partial charge in [-0.25, -0.2) is 9.37 Å². The lowest BCUT2D eigenvalue weighted by Gasteiger charge is -2.04. The van der Waals surface area contributed by atoms with E-state index in [4.69, 9.17) is 4.74 Å². The topological polar surface area (TPSA) is 111 Å². The van der Waals surface area contributed by atoms with Gasteiger partial charge in [0.1, 0.15) is 6.61 Å². The molecule has 0 amide bonds. The van der Waals surface area contributed by atoms with Crippen LogP contribution in [0.25, 0.3) is 0 Å². The van der Waals surface area contributed by atoms with Gasteiger partial charge in [-0.3, -0.25) is 20.0 Å². The van der Waals surface area contributed by atoms with Gasteiger partial charge in [0, 0.05) is 17.7 Å². The molecule has 27 heavy (non-hydrogen) atoms. The van der Waals surface area contributed by atoms with Crippen molar-refractivity contribution < 1.29 is 18.8 Å². The molecule has 0 radical (unpaired) electrons. The summed E-state index contributed by atoms with van der Waals surface area (Å²) in [5, 5.41) is 17.7. The number of benzene rings is 2. The molecule has 1 aromatic heterocycles. The molecule has 2 aromatic carbocycles. The van der Waals surface area contributed by atoms with Crippen LogP contribution in [0.3, 0.4) is 0 Å². The van der Waals surface area contributed by atoms with E-state index < -0.39 is 10.7 Å². The van der Waals surface area contributed by atoms with Gasteiger partial charge in [0.25, 0.3) is 5.69 Å². The Balaban J connectivity index is 1.55. The summed E-state index contributed by atoms with van der Waals surface area (Å²) in [6.07, 6.45) is 0. The predicted molar refractivity (Wildman–Crippen MR) is 95.3 cm³/mol. The Morgan fingerprint density at radius 3 is 2.85 bits per heavy atom. The summed E-state index contributed by atoms with van der Waals surface area (Å²) in [5.41, 5.74) is 0.103. The maximum Gasteiger partial charge on any atom is 0.270 e. The van der Waals surface area contributed by atoms with Gasteiger partial charge < -0.3 is 4.74 Å². The zero-order valence-electron chi connectivity index (χ0n) is 13.8. The first kappa shape index (κ1) is 18.5. The van der Waals surface area contributed by atoms with Crippen molar-refractivity contribution in [2.45, 2.75) is 11.8 Å². The SMILES string of the molecule is O=C(CSc1n[nH]c(COc2ccccc2F)n1)c1cccc([N+](=O)[O-])c1. The number of thioether (sulfide) groups is 1. The molecule has 0 bridgehead atoms. The van der Waals surface area contributed by atoms with E-state index in [1.165, 1.54) is 36.4 Å². The Bertz CT molecular complexity index is 979. The van der Waals surface area contributed by atoms with E-state index in [0.29, 0.717) is 11.0 Å². The van der Waals surface area contributed by atoms with Crippen LogP contribution in [0.15, 0.2) is 53.7 Å². The van der Waals surface area contributed by atoms with Crippen molar-refractivity contribution in [1.29, 1.82) is 0 Å². The molecular formula is C17H13FN4O4S. The largest absolute Gasteiger partial charge is 0.483 e. The highest BCUT2D eigenvalue weighted by atomic mass is 32.2. The van der Waals surface area contributed by atoms with E-state index in [-0.39, 0.29) is 35.1 Å². The lowest BCUT2D eigenvalue weighted by atomic mass is 10.1. The van der Waals surface area contributed by atoms with Crippen LogP contribution in [-0.4, -0.2) is 31.6 Å². The number of nitro benzene ring substituents is 1. The van der Waals surface area contributed by atoms with Crippen molar-refractivity contribution >= 4 is 23.2 Å². The first-order valence-electron chi connectivity index (χ1n) is 7.72. The first-order valence-corrected chi connectivity index (χ1v) is 8.70. The number of carbonyl (C=O) groups is 1. The smallest absolute Gasteiger partial charge is 0.270 e. The lowest BCUT2D eigenvalue weighted by molar-refractivity contribution is -0.384. The second-order valence-corrected chi connectivity index (χ2v) is 6.25. The van der Waals surface area contributed by atoms with Crippen LogP contribution in [-0.2, 0) is 6.61 Å². The van der Waals surface area contributed by atoms with Crippen LogP contribution >= 0.6 is 11.8 Å². The molecule has 0 atom stereocenters. The summed E-state index contributed by atoms with van der Waals surface area (Å²) >= 11 is 1.08. The molecule has 1 heterocycles. The minimum atomic E-state index is -0.555. The molecule has 0 saturated carbocycles. The fourth-order valence-corrected chi connectivity index (χ4v) is 2.83. The number of aromatic nitrogens is 3. The van der Waals surface area contributed by atoms with Crippen LogP contribution < -0.4 is 4.74 Å². The van der Waals surface area contributed by atoms with Crippen LogP contribution in [0.2, 0.25) is 0 Å². The van der Waals surface area contributed by atoms with Crippen molar-refractivity contribution in [3.8, 4) is 5.75 Å². The van der Waals surface area contributed by atoms with E-state index >= 15 is 0 Å². The number of non-ortho nitro benzene ring substituents is 1. The van der Waals surface area contributed by atoms with E-state index in [9.17, 15) is 19.3 Å². The van der Waals surface area contributed by atoms with E-state index in [1.807, 2.05) is 0 Å². The van der Waals surface area contributed by atoms with Crippen molar-refractivity contribution in [3.05, 3.63) is 75.9 Å². The fourth-order valence-electron chi connectivity index (χ4n) is 2.12. The number of H-pyrrole nitrogens is 1. The maximum atomic E-state index is 13.5. The monoisotopic (exact) mass is 388 g/mol. The van der Waals surface area contributed by atoms with Crippen molar-refractivity contribution in [2.75, 3.05) is 5.75 Å². The molecular weight excluding hydrogens is 375 g/mol. The summed E-state index contributed by atoms with van der Waals surface area (Å²) in [7, 11) is 0. The van der Waals surface area contributed by atoms with Gasteiger partial charge >= 0.3 is 0 Å². The zero-order chi connectivity index (χ0) is 19.2. The zero-order valence-corrected chi connectivity index (χ0v) is 14.6. The second-order valence-electron chi connectivity index (χ2n) is 5.30. The van der Waals surface area contributed by atoms with Gasteiger partial charge in [0.15, 0.2) is 23.2 Å². The molecule has 0 fully saturated rings. The Labute approximate surface area is 156 Å². The first-order chi connectivity index (χ1) is 13.0. The van der Waals surface area contributed by atoms with Crippen LogP contribution in [0, 0.1) is 15.9 Å². The van der Waals surface area contributed by atoms with Gasteiger partial charge in [-0.1, -0.05) is 36.0 Å². The van der Waals surface area contributed by atoms with Crippen molar-refractivity contribution in [1.82, 2.24) is 15.2 Å². The Morgan fingerprint density at radius 1 is 1.26 bits per heavy atom. The number of hydrogen-bond donors (Lipinski definition) is 1. The molecule has 3 aromatic rings. The van der Waals surface area contributed by atoms with Crippen molar-refractivity contribution in [3.63, 3.8) is 0 Å². The number of nitro groups is 1. The lowest BCUT2D eigenvalue weighted by Crippen LogP contribution is -2.03. The normalized spacial score (nSPS) is 10.6. The van der Waals surface area contributed by atoms with Gasteiger partial charge in [0.05, 0.1) is 10.7 Å². The Kier molecular flexibility index (Phi) is 5.77. The predicted octanol–water partition coefficient (Wildman–Crippen LogP) is 3.41. The summed E-state index contributed by atoms with van der Waals surface area (Å²) in [5.74, 6) is -0.258. The Hall–Kier alpha value is -3.27. The van der Waals surface area contributed by atoms with Crippen LogP contribution in [0.4, 0.5) is 10.1 Å². The minimum absolute atomic E-state index is 0.00663. The third-order valence-electron chi connectivity index (χ3n) is 3.42. The van der Waals surface area contributed by atoms with Crippen molar-refractivity contribution in [2.24, 2.45) is 0 Å². The van der Waals surface area contributed by atoms with Gasteiger partial charge in [-0.15, -0.1) is 5.10 Å². The number of hydrogen-bond acceptors (Lipinski definition) is 7. The Morgan fingerprint density at radius 2 is 2.07 bits per heavy atom. The molecule has 138 valence electrons. The molecule has 0 aliphatic heterocycles. The van der Waals surface area contributed by atoms with Gasteiger partial charge in [-0.05, 0) is 12.1 Å². The second kappa shape index (κ2) is 8.41. The summed E-state index contributed by atoms with van der Waals surface area (Å²) in [4.78, 5) is 26.5. The standard InChI is InChI=1S/C17H13FN4O4S/c18-13-6-1-2-7-15(13)26-9-16-19-17(21-20-16)27-10-14(23)11-4-3-5-12(8-11)22(24)25/h1-8H,9-10H2,(H,19,20,21). The average molecular weight is 388 g/mol. The molecule has 10 heteroatoms. The number of halogens is 1. The third kappa shape index (κ3) is 4.88. The highest BCUT2D eigenvalue weighted by molar-refractivity contribution is 7.99. The highest BCUT2D eigenvalue weighted by Gasteiger charge is 2.13. The number of rotatable bonds is 8. The number of para-hydroxylation sites is 1. The molecule has 0 aliphatic rings.